The summed E-state index contributed by atoms with van der Waals surface area (Å²) in [5.41, 5.74) is 1.61. The molecule has 1 aliphatic rings. The van der Waals surface area contributed by atoms with Crippen molar-refractivity contribution in [3.8, 4) is 11.8 Å². The van der Waals surface area contributed by atoms with Crippen molar-refractivity contribution < 1.29 is 9.47 Å². The van der Waals surface area contributed by atoms with E-state index < -0.39 is 0 Å². The fourth-order valence-corrected chi connectivity index (χ4v) is 3.29. The van der Waals surface area contributed by atoms with Gasteiger partial charge in [0.15, 0.2) is 0 Å². The first-order valence-electron chi connectivity index (χ1n) is 8.97. The molecule has 1 unspecified atom stereocenters. The molecule has 136 valence electrons. The molecule has 2 aromatic rings. The molecule has 0 bridgehead atoms. The Morgan fingerprint density at radius 2 is 1.92 bits per heavy atom. The number of ether oxygens (including phenoxy) is 2. The summed E-state index contributed by atoms with van der Waals surface area (Å²) in [6.07, 6.45) is 1.78. The monoisotopic (exact) mass is 370 g/mol. The molecule has 5 heteroatoms. The Bertz CT molecular complexity index is 739. The molecular weight excluding hydrogens is 348 g/mol. The highest BCUT2D eigenvalue weighted by Crippen LogP contribution is 2.30. The van der Waals surface area contributed by atoms with Crippen molar-refractivity contribution in [1.82, 2.24) is 4.90 Å². The van der Waals surface area contributed by atoms with Crippen molar-refractivity contribution in [3.63, 3.8) is 0 Å². The molecule has 3 rings (SSSR count). The largest absolute Gasteiger partial charge is 0.484 e. The fraction of sp³-hybridized carbons (Fsp3) is 0.381. The Kier molecular flexibility index (Phi) is 6.90. The maximum Gasteiger partial charge on any atom is 0.139 e. The smallest absolute Gasteiger partial charge is 0.139 e. The van der Waals surface area contributed by atoms with Gasteiger partial charge in [-0.1, -0.05) is 41.9 Å². The summed E-state index contributed by atoms with van der Waals surface area (Å²) < 4.78 is 11.6. The van der Waals surface area contributed by atoms with Crippen molar-refractivity contribution in [2.45, 2.75) is 18.9 Å². The minimum atomic E-state index is -0.109. The van der Waals surface area contributed by atoms with E-state index in [9.17, 15) is 5.26 Å². The molecule has 0 saturated carbocycles. The van der Waals surface area contributed by atoms with Crippen LogP contribution in [0.15, 0.2) is 48.5 Å². The van der Waals surface area contributed by atoms with Crippen molar-refractivity contribution in [2.24, 2.45) is 0 Å². The molecule has 0 aromatic heterocycles. The van der Waals surface area contributed by atoms with Crippen LogP contribution in [0, 0.1) is 11.3 Å². The van der Waals surface area contributed by atoms with Crippen molar-refractivity contribution >= 4 is 11.6 Å². The maximum atomic E-state index is 9.35. The molecule has 0 amide bonds. The Hall–Kier alpha value is -2.06. The van der Waals surface area contributed by atoms with Crippen LogP contribution < -0.4 is 4.74 Å². The van der Waals surface area contributed by atoms with E-state index in [1.54, 1.807) is 18.2 Å². The topological polar surface area (TPSA) is 45.5 Å². The molecule has 1 saturated heterocycles. The molecule has 0 N–H and O–H groups in total. The number of nitrogens with zero attached hydrogens (tertiary/aromatic N) is 2. The first-order chi connectivity index (χ1) is 12.8. The van der Waals surface area contributed by atoms with E-state index in [4.69, 9.17) is 21.1 Å². The Labute approximate surface area is 159 Å². The van der Waals surface area contributed by atoms with Crippen LogP contribution >= 0.6 is 11.6 Å². The van der Waals surface area contributed by atoms with E-state index in [0.717, 1.165) is 51.3 Å². The minimum Gasteiger partial charge on any atom is -0.484 e. The zero-order valence-corrected chi connectivity index (χ0v) is 15.5. The lowest BCUT2D eigenvalue weighted by Crippen LogP contribution is -2.37. The molecule has 0 spiro atoms. The van der Waals surface area contributed by atoms with E-state index >= 15 is 0 Å². The van der Waals surface area contributed by atoms with Gasteiger partial charge in [0.1, 0.15) is 17.9 Å². The number of hydrogen-bond donors (Lipinski definition) is 0. The van der Waals surface area contributed by atoms with Gasteiger partial charge in [-0.15, -0.1) is 0 Å². The van der Waals surface area contributed by atoms with Gasteiger partial charge in [0, 0.05) is 24.2 Å². The second-order valence-corrected chi connectivity index (χ2v) is 6.80. The van der Waals surface area contributed by atoms with Gasteiger partial charge in [-0.3, -0.25) is 4.90 Å². The van der Waals surface area contributed by atoms with Crippen molar-refractivity contribution in [2.75, 3.05) is 32.8 Å². The highest BCUT2D eigenvalue weighted by Gasteiger charge is 2.17. The van der Waals surface area contributed by atoms with E-state index in [-0.39, 0.29) is 6.10 Å². The molecule has 1 fully saturated rings. The van der Waals surface area contributed by atoms with Crippen LogP contribution in [0.4, 0.5) is 0 Å². The van der Waals surface area contributed by atoms with Crippen LogP contribution in [0.1, 0.15) is 30.1 Å². The minimum absolute atomic E-state index is 0.109. The van der Waals surface area contributed by atoms with Gasteiger partial charge in [-0.05, 0) is 37.1 Å². The summed E-state index contributed by atoms with van der Waals surface area (Å²) in [4.78, 5) is 2.42. The molecule has 4 nitrogen and oxygen atoms in total. The van der Waals surface area contributed by atoms with Gasteiger partial charge >= 0.3 is 0 Å². The Morgan fingerprint density at radius 1 is 1.15 bits per heavy atom. The Morgan fingerprint density at radius 3 is 2.65 bits per heavy atom. The third-order valence-corrected chi connectivity index (χ3v) is 4.78. The lowest BCUT2D eigenvalue weighted by atomic mass is 10.0. The predicted molar refractivity (Wildman–Crippen MR) is 102 cm³/mol. The van der Waals surface area contributed by atoms with Gasteiger partial charge in [-0.25, -0.2) is 0 Å². The van der Waals surface area contributed by atoms with Gasteiger partial charge in [0.2, 0.25) is 0 Å². The molecule has 26 heavy (non-hydrogen) atoms. The van der Waals surface area contributed by atoms with Gasteiger partial charge in [0.05, 0.1) is 18.8 Å². The molecule has 0 radical (unpaired) electrons. The number of morpholine rings is 1. The maximum absolute atomic E-state index is 9.35. The number of nitriles is 1. The first-order valence-corrected chi connectivity index (χ1v) is 9.35. The molecule has 2 aromatic carbocycles. The average Bonchev–Trinajstić information content (AvgIpc) is 2.69. The summed E-state index contributed by atoms with van der Waals surface area (Å²) in [6.45, 7) is 4.63. The van der Waals surface area contributed by atoms with E-state index in [0.29, 0.717) is 16.3 Å². The average molecular weight is 371 g/mol. The zero-order valence-electron chi connectivity index (χ0n) is 14.7. The second-order valence-electron chi connectivity index (χ2n) is 6.37. The molecule has 0 aliphatic carbocycles. The summed E-state index contributed by atoms with van der Waals surface area (Å²) >= 11 is 6.10. The molecule has 1 atom stereocenters. The zero-order chi connectivity index (χ0) is 18.2. The van der Waals surface area contributed by atoms with Gasteiger partial charge in [-0.2, -0.15) is 5.26 Å². The molecular formula is C21H23ClN2O2. The van der Waals surface area contributed by atoms with Crippen molar-refractivity contribution in [1.29, 1.82) is 5.26 Å². The van der Waals surface area contributed by atoms with E-state index in [1.165, 1.54) is 0 Å². The highest BCUT2D eigenvalue weighted by molar-refractivity contribution is 6.30. The summed E-state index contributed by atoms with van der Waals surface area (Å²) in [5.74, 6) is 0.542. The van der Waals surface area contributed by atoms with E-state index in [2.05, 4.69) is 23.1 Å². The quantitative estimate of drug-likeness (QED) is 0.722. The SMILES string of the molecule is N#Cc1ccc(Cl)cc1OC(CCCN1CCOCC1)c1ccccc1. The fourth-order valence-electron chi connectivity index (χ4n) is 3.13. The standard InChI is InChI=1S/C21H23ClN2O2/c22-19-9-8-18(16-23)21(15-19)26-20(17-5-2-1-3-6-17)7-4-10-24-11-13-25-14-12-24/h1-3,5-6,8-9,15,20H,4,7,10-14H2. The highest BCUT2D eigenvalue weighted by atomic mass is 35.5. The van der Waals surface area contributed by atoms with Crippen LogP contribution in [0.5, 0.6) is 5.75 Å². The van der Waals surface area contributed by atoms with Crippen LogP contribution in [-0.4, -0.2) is 37.7 Å². The lowest BCUT2D eigenvalue weighted by Gasteiger charge is -2.27. The van der Waals surface area contributed by atoms with Crippen LogP contribution in [0.2, 0.25) is 5.02 Å². The van der Waals surface area contributed by atoms with E-state index in [1.807, 2.05) is 18.2 Å². The van der Waals surface area contributed by atoms with Gasteiger partial charge in [0.25, 0.3) is 0 Å². The molecule has 1 aliphatic heterocycles. The third-order valence-electron chi connectivity index (χ3n) is 4.55. The predicted octanol–water partition coefficient (Wildman–Crippen LogP) is 4.44. The third kappa shape index (κ3) is 5.22. The molecule has 1 heterocycles. The number of hydrogen-bond acceptors (Lipinski definition) is 4. The number of halogens is 1. The second kappa shape index (κ2) is 9.59. The van der Waals surface area contributed by atoms with Crippen molar-refractivity contribution in [3.05, 3.63) is 64.7 Å². The van der Waals surface area contributed by atoms with Crippen LogP contribution in [0.3, 0.4) is 0 Å². The lowest BCUT2D eigenvalue weighted by molar-refractivity contribution is 0.0357. The van der Waals surface area contributed by atoms with Gasteiger partial charge < -0.3 is 9.47 Å². The van der Waals surface area contributed by atoms with Crippen LogP contribution in [0.25, 0.3) is 0 Å². The summed E-state index contributed by atoms with van der Waals surface area (Å²) in [7, 11) is 0. The Balaban J connectivity index is 1.70. The summed E-state index contributed by atoms with van der Waals surface area (Å²) in [6, 6.07) is 17.5. The number of benzene rings is 2. The number of rotatable bonds is 7. The van der Waals surface area contributed by atoms with Crippen LogP contribution in [-0.2, 0) is 4.74 Å². The normalized spacial score (nSPS) is 16.0. The summed E-state index contributed by atoms with van der Waals surface area (Å²) in [5, 5.41) is 9.92. The first kappa shape index (κ1) is 18.7.